The van der Waals surface area contributed by atoms with Gasteiger partial charge in [0.15, 0.2) is 0 Å². The summed E-state index contributed by atoms with van der Waals surface area (Å²) in [6.07, 6.45) is 1.51. The van der Waals surface area contributed by atoms with Crippen LogP contribution in [0.1, 0.15) is 15.4 Å². The molecule has 3 aromatic heterocycles. The van der Waals surface area contributed by atoms with E-state index in [0.29, 0.717) is 23.1 Å². The Morgan fingerprint density at radius 2 is 1.93 bits per heavy atom. The molecule has 0 bridgehead atoms. The summed E-state index contributed by atoms with van der Waals surface area (Å²) >= 11 is 2.78. The van der Waals surface area contributed by atoms with E-state index in [9.17, 15) is 4.79 Å². The Kier molecular flexibility index (Phi) is 5.08. The number of benzene rings is 1. The zero-order chi connectivity index (χ0) is 18.5. The number of hydrogen-bond donors (Lipinski definition) is 2. The Morgan fingerprint density at radius 1 is 1.04 bits per heavy atom. The van der Waals surface area contributed by atoms with E-state index in [1.807, 2.05) is 30.3 Å². The highest BCUT2D eigenvalue weighted by molar-refractivity contribution is 7.14. The van der Waals surface area contributed by atoms with Crippen molar-refractivity contribution in [2.75, 3.05) is 10.6 Å². The molecule has 134 valence electrons. The number of hydrogen-bond acceptors (Lipinski definition) is 9. The molecular formula is C17H13N7OS2. The molecule has 1 amide bonds. The molecule has 0 aliphatic heterocycles. The van der Waals surface area contributed by atoms with Gasteiger partial charge < -0.3 is 5.32 Å². The summed E-state index contributed by atoms with van der Waals surface area (Å²) in [7, 11) is 0. The third-order valence-electron chi connectivity index (χ3n) is 3.51. The van der Waals surface area contributed by atoms with Crippen LogP contribution in [-0.2, 0) is 6.54 Å². The molecule has 0 aliphatic carbocycles. The van der Waals surface area contributed by atoms with Crippen molar-refractivity contribution in [3.63, 3.8) is 0 Å². The molecule has 0 unspecified atom stereocenters. The van der Waals surface area contributed by atoms with Crippen LogP contribution in [0.25, 0.3) is 10.6 Å². The molecule has 4 aromatic rings. The predicted molar refractivity (Wildman–Crippen MR) is 105 cm³/mol. The third kappa shape index (κ3) is 4.30. The number of amides is 1. The van der Waals surface area contributed by atoms with Crippen LogP contribution in [0.4, 0.5) is 10.9 Å². The molecule has 0 fully saturated rings. The van der Waals surface area contributed by atoms with Crippen molar-refractivity contribution in [3.05, 3.63) is 64.7 Å². The summed E-state index contributed by atoms with van der Waals surface area (Å²) in [4.78, 5) is 16.4. The van der Waals surface area contributed by atoms with E-state index in [1.54, 1.807) is 17.6 Å². The highest BCUT2D eigenvalue weighted by atomic mass is 32.1. The number of nitrogens with one attached hydrogen (secondary N) is 2. The Hall–Kier alpha value is -3.24. The second-order valence-corrected chi connectivity index (χ2v) is 7.25. The maximum absolute atomic E-state index is 12.1. The molecule has 0 saturated heterocycles. The molecule has 0 saturated carbocycles. The zero-order valence-corrected chi connectivity index (χ0v) is 15.5. The Bertz CT molecular complexity index is 1020. The van der Waals surface area contributed by atoms with Crippen LogP contribution in [0.5, 0.6) is 0 Å². The molecule has 2 N–H and O–H groups in total. The molecule has 1 aromatic carbocycles. The fourth-order valence-electron chi connectivity index (χ4n) is 2.22. The average Bonchev–Trinajstić information content (AvgIpc) is 3.39. The Balaban J connectivity index is 1.35. The molecule has 0 aliphatic rings. The third-order valence-corrected chi connectivity index (χ3v) is 5.09. The maximum Gasteiger partial charge on any atom is 0.259 e. The van der Waals surface area contributed by atoms with E-state index in [-0.39, 0.29) is 5.91 Å². The molecular weight excluding hydrogens is 382 g/mol. The van der Waals surface area contributed by atoms with Crippen LogP contribution in [0.15, 0.2) is 54.2 Å². The van der Waals surface area contributed by atoms with Crippen molar-refractivity contribution < 1.29 is 4.79 Å². The fourth-order valence-corrected chi connectivity index (χ4v) is 3.44. The summed E-state index contributed by atoms with van der Waals surface area (Å²) in [6, 6.07) is 13.4. The molecule has 0 spiro atoms. The average molecular weight is 395 g/mol. The van der Waals surface area contributed by atoms with E-state index in [4.69, 9.17) is 0 Å². The second-order valence-electron chi connectivity index (χ2n) is 5.35. The van der Waals surface area contributed by atoms with E-state index in [0.717, 1.165) is 15.6 Å². The quantitative estimate of drug-likeness (QED) is 0.516. The summed E-state index contributed by atoms with van der Waals surface area (Å²) < 4.78 is 0. The van der Waals surface area contributed by atoms with Crippen LogP contribution < -0.4 is 10.6 Å². The first-order chi connectivity index (χ1) is 13.3. The van der Waals surface area contributed by atoms with Gasteiger partial charge in [-0.3, -0.25) is 10.1 Å². The normalized spacial score (nSPS) is 10.5. The van der Waals surface area contributed by atoms with Crippen molar-refractivity contribution >= 4 is 39.5 Å². The SMILES string of the molecule is O=C(Nc1nncs1)c1ccc(NCc2nnc(-c3ccccc3)s2)nc1. The van der Waals surface area contributed by atoms with Gasteiger partial charge in [0.1, 0.15) is 21.3 Å². The van der Waals surface area contributed by atoms with Crippen molar-refractivity contribution in [3.8, 4) is 10.6 Å². The van der Waals surface area contributed by atoms with Crippen molar-refractivity contribution in [1.29, 1.82) is 0 Å². The van der Waals surface area contributed by atoms with E-state index >= 15 is 0 Å². The Morgan fingerprint density at radius 3 is 2.67 bits per heavy atom. The van der Waals surface area contributed by atoms with Crippen molar-refractivity contribution in [2.45, 2.75) is 6.54 Å². The Labute approximate surface area is 162 Å². The topological polar surface area (TPSA) is 106 Å². The van der Waals surface area contributed by atoms with E-state index in [2.05, 4.69) is 36.0 Å². The van der Waals surface area contributed by atoms with Gasteiger partial charge in [-0.15, -0.1) is 20.4 Å². The van der Waals surface area contributed by atoms with E-state index < -0.39 is 0 Å². The van der Waals surface area contributed by atoms with Crippen LogP contribution in [-0.4, -0.2) is 31.3 Å². The molecule has 8 nitrogen and oxygen atoms in total. The minimum atomic E-state index is -0.276. The molecule has 4 rings (SSSR count). The molecule has 10 heteroatoms. The highest BCUT2D eigenvalue weighted by Crippen LogP contribution is 2.23. The zero-order valence-electron chi connectivity index (χ0n) is 13.9. The smallest absolute Gasteiger partial charge is 0.259 e. The lowest BCUT2D eigenvalue weighted by Crippen LogP contribution is -2.12. The van der Waals surface area contributed by atoms with Crippen LogP contribution in [0, 0.1) is 0 Å². The molecule has 0 radical (unpaired) electrons. The van der Waals surface area contributed by atoms with Gasteiger partial charge in [0.2, 0.25) is 5.13 Å². The van der Waals surface area contributed by atoms with Gasteiger partial charge >= 0.3 is 0 Å². The number of carbonyl (C=O) groups is 1. The second kappa shape index (κ2) is 7.98. The van der Waals surface area contributed by atoms with Crippen molar-refractivity contribution in [1.82, 2.24) is 25.4 Å². The first-order valence-corrected chi connectivity index (χ1v) is 9.63. The summed E-state index contributed by atoms with van der Waals surface area (Å²) in [5, 5.41) is 23.9. The van der Waals surface area contributed by atoms with Crippen LogP contribution in [0.2, 0.25) is 0 Å². The molecule has 0 atom stereocenters. The summed E-state index contributed by atoms with van der Waals surface area (Å²) in [6.45, 7) is 0.508. The van der Waals surface area contributed by atoms with Crippen LogP contribution in [0.3, 0.4) is 0 Å². The van der Waals surface area contributed by atoms with E-state index in [1.165, 1.54) is 28.9 Å². The molecule has 27 heavy (non-hydrogen) atoms. The van der Waals surface area contributed by atoms with Gasteiger partial charge in [-0.25, -0.2) is 4.98 Å². The number of pyridine rings is 1. The van der Waals surface area contributed by atoms with Gasteiger partial charge in [-0.05, 0) is 12.1 Å². The minimum Gasteiger partial charge on any atom is -0.363 e. The summed E-state index contributed by atoms with van der Waals surface area (Å²) in [5.74, 6) is 0.376. The van der Waals surface area contributed by atoms with Crippen molar-refractivity contribution in [2.24, 2.45) is 0 Å². The number of aromatic nitrogens is 5. The number of rotatable bonds is 6. The fraction of sp³-hybridized carbons (Fsp3) is 0.0588. The van der Waals surface area contributed by atoms with Gasteiger partial charge in [0.25, 0.3) is 5.91 Å². The first-order valence-electron chi connectivity index (χ1n) is 7.93. The maximum atomic E-state index is 12.1. The number of anilines is 2. The molecule has 3 heterocycles. The van der Waals surface area contributed by atoms with Gasteiger partial charge in [-0.2, -0.15) is 0 Å². The van der Waals surface area contributed by atoms with Crippen LogP contribution >= 0.6 is 22.7 Å². The lowest BCUT2D eigenvalue weighted by atomic mass is 10.2. The first kappa shape index (κ1) is 17.2. The number of nitrogens with zero attached hydrogens (tertiary/aromatic N) is 5. The predicted octanol–water partition coefficient (Wildman–Crippen LogP) is 3.32. The lowest BCUT2D eigenvalue weighted by molar-refractivity contribution is 0.102. The monoisotopic (exact) mass is 395 g/mol. The largest absolute Gasteiger partial charge is 0.363 e. The summed E-state index contributed by atoms with van der Waals surface area (Å²) in [5.41, 5.74) is 3.04. The highest BCUT2D eigenvalue weighted by Gasteiger charge is 2.09. The van der Waals surface area contributed by atoms with Gasteiger partial charge in [0.05, 0.1) is 12.1 Å². The standard InChI is InChI=1S/C17H13N7OS2/c25-15(21-17-24-20-10-26-17)12-6-7-13(18-8-12)19-9-14-22-23-16(27-14)11-4-2-1-3-5-11/h1-8,10H,9H2,(H,18,19)(H,21,24,25). The van der Waals surface area contributed by atoms with Gasteiger partial charge in [0, 0.05) is 11.8 Å². The minimum absolute atomic E-state index is 0.276. The van der Waals surface area contributed by atoms with Gasteiger partial charge in [-0.1, -0.05) is 53.0 Å². The lowest BCUT2D eigenvalue weighted by Gasteiger charge is -2.04. The number of carbonyl (C=O) groups excluding carboxylic acids is 1.